The molecule has 0 bridgehead atoms. The van der Waals surface area contributed by atoms with E-state index in [1.165, 1.54) is 5.56 Å². The quantitative estimate of drug-likeness (QED) is 0.0551. The fourth-order valence-corrected chi connectivity index (χ4v) is 4.97. The highest BCUT2D eigenvalue weighted by molar-refractivity contribution is 5.83. The summed E-state index contributed by atoms with van der Waals surface area (Å²) in [5.41, 5.74) is 23.6. The van der Waals surface area contributed by atoms with Crippen molar-refractivity contribution in [2.45, 2.75) is 60.0 Å². The number of aryl methyl sites for hydroxylation is 4. The Labute approximate surface area is 360 Å². The Hall–Kier alpha value is -6.90. The van der Waals surface area contributed by atoms with Gasteiger partial charge in [0.15, 0.2) is 0 Å². The molecule has 0 spiro atoms. The number of hydrogen-bond acceptors (Lipinski definition) is 9. The Balaban J connectivity index is 0.000000448. The highest BCUT2D eigenvalue weighted by atomic mass is 16.6. The summed E-state index contributed by atoms with van der Waals surface area (Å²) in [6, 6.07) is 36.5. The first-order chi connectivity index (χ1) is 28.3. The predicted octanol–water partition coefficient (Wildman–Crippen LogP) is 6.31. The van der Waals surface area contributed by atoms with Gasteiger partial charge in [-0.05, 0) is 80.6 Å². The third kappa shape index (κ3) is 23.3. The minimum Gasteiger partial charge on any atom is -0.548 e. The van der Waals surface area contributed by atoms with Gasteiger partial charge in [0.1, 0.15) is 11.8 Å². The number of nitrogens with zero attached hydrogens (tertiary/aromatic N) is 1. The largest absolute Gasteiger partial charge is 0.548 e. The maximum absolute atomic E-state index is 12.0. The first-order valence-electron chi connectivity index (χ1n) is 19.1. The fraction of sp³-hybridized carbons (Fsp3) is 0.277. The van der Waals surface area contributed by atoms with E-state index in [1.807, 2.05) is 131 Å². The standard InChI is InChI=1S/C18H21N3O3.C15H16N2O2.C9H11NO2.C4H12N.CH4/c1-12-8-9-15(13(2)10-12)20-21-18(24)19-16(17(22)23)11-14-6-4-3-5-7-14;1-11-8-9-14(12(2)10-11)16-17-15(18)19-13-6-4-3-5-7-13;10-8(9(11)12)6-7-4-2-1-3-5-7;1-5(2,3)4;/h3-10,16,20H,11H2,1-2H3,(H,22,23)(H2,19,21,24);3-10,16H,1-2H3,(H,17,18);1-5,8H,6,10H2,(H,11,12);1-4H3;1H4/q;;;+1;/p-1. The fourth-order valence-electron chi connectivity index (χ4n) is 4.97. The molecule has 0 aliphatic rings. The van der Waals surface area contributed by atoms with Crippen LogP contribution in [0, 0.1) is 27.7 Å². The molecule has 61 heavy (non-hydrogen) atoms. The van der Waals surface area contributed by atoms with Gasteiger partial charge in [0, 0.05) is 12.5 Å². The number of benzene rings is 5. The lowest BCUT2D eigenvalue weighted by atomic mass is 10.1. The summed E-state index contributed by atoms with van der Waals surface area (Å²) in [6.07, 6.45) is -0.0118. The number of quaternary nitrogens is 1. The molecule has 5 rings (SSSR count). The first-order valence-corrected chi connectivity index (χ1v) is 19.1. The minimum atomic E-state index is -1.21. The number of nitrogens with one attached hydrogen (secondary N) is 5. The Bertz CT molecular complexity index is 2070. The second-order valence-corrected chi connectivity index (χ2v) is 15.2. The molecule has 5 aromatic carbocycles. The number of aliphatic carboxylic acids is 2. The van der Waals surface area contributed by atoms with Crippen molar-refractivity contribution < 1.29 is 38.6 Å². The van der Waals surface area contributed by atoms with Crippen LogP contribution >= 0.6 is 0 Å². The maximum Gasteiger partial charge on any atom is 0.431 e. The number of urea groups is 1. The molecule has 0 heterocycles. The second-order valence-electron chi connectivity index (χ2n) is 15.2. The van der Waals surface area contributed by atoms with Crippen molar-refractivity contribution in [3.8, 4) is 5.75 Å². The van der Waals surface area contributed by atoms with Crippen LogP contribution in [0.2, 0.25) is 0 Å². The number of para-hydroxylation sites is 1. The van der Waals surface area contributed by atoms with E-state index in [9.17, 15) is 29.4 Å². The summed E-state index contributed by atoms with van der Waals surface area (Å²) < 4.78 is 6.09. The van der Waals surface area contributed by atoms with Crippen LogP contribution in [0.3, 0.4) is 0 Å². The number of hydrogen-bond donors (Lipinski definition) is 7. The number of carboxylic acids is 2. The van der Waals surface area contributed by atoms with Gasteiger partial charge in [0.05, 0.1) is 45.5 Å². The Morgan fingerprint density at radius 3 is 1.48 bits per heavy atom. The highest BCUT2D eigenvalue weighted by Crippen LogP contribution is 2.16. The van der Waals surface area contributed by atoms with Gasteiger partial charge in [-0.15, -0.1) is 0 Å². The van der Waals surface area contributed by atoms with E-state index in [0.29, 0.717) is 12.2 Å². The summed E-state index contributed by atoms with van der Waals surface area (Å²) in [5, 5.41) is 22.0. The highest BCUT2D eigenvalue weighted by Gasteiger charge is 2.20. The van der Waals surface area contributed by atoms with E-state index in [-0.39, 0.29) is 13.8 Å². The van der Waals surface area contributed by atoms with Gasteiger partial charge in [-0.2, -0.15) is 0 Å². The van der Waals surface area contributed by atoms with Crippen LogP contribution in [0.4, 0.5) is 21.0 Å². The first kappa shape index (κ1) is 52.1. The molecule has 328 valence electrons. The number of nitrogens with two attached hydrogens (primary N) is 1. The van der Waals surface area contributed by atoms with Crippen molar-refractivity contribution in [3.05, 3.63) is 161 Å². The lowest BCUT2D eigenvalue weighted by Gasteiger charge is -2.17. The van der Waals surface area contributed by atoms with Gasteiger partial charge in [-0.25, -0.2) is 19.8 Å². The van der Waals surface area contributed by atoms with Gasteiger partial charge in [0.2, 0.25) is 0 Å². The zero-order chi connectivity index (χ0) is 44.7. The topological polar surface area (TPSA) is 207 Å². The van der Waals surface area contributed by atoms with E-state index in [4.69, 9.17) is 10.5 Å². The van der Waals surface area contributed by atoms with E-state index < -0.39 is 36.1 Å². The third-order valence-electron chi connectivity index (χ3n) is 7.81. The molecular formula is C47H63N7O7. The molecule has 2 unspecified atom stereocenters. The summed E-state index contributed by atoms with van der Waals surface area (Å²) in [4.78, 5) is 45.1. The summed E-state index contributed by atoms with van der Waals surface area (Å²) >= 11 is 0. The Morgan fingerprint density at radius 2 is 1.07 bits per heavy atom. The van der Waals surface area contributed by atoms with Crippen molar-refractivity contribution in [3.63, 3.8) is 0 Å². The van der Waals surface area contributed by atoms with E-state index >= 15 is 0 Å². The molecular weight excluding hydrogens is 775 g/mol. The van der Waals surface area contributed by atoms with E-state index in [1.54, 1.807) is 24.3 Å². The predicted molar refractivity (Wildman–Crippen MR) is 242 cm³/mol. The Morgan fingerprint density at radius 1 is 0.656 bits per heavy atom. The van der Waals surface area contributed by atoms with Crippen LogP contribution in [-0.2, 0) is 22.4 Å². The van der Waals surface area contributed by atoms with Crippen LogP contribution in [0.5, 0.6) is 5.75 Å². The smallest absolute Gasteiger partial charge is 0.431 e. The lowest BCUT2D eigenvalue weighted by molar-refractivity contribution is -0.849. The van der Waals surface area contributed by atoms with Gasteiger partial charge < -0.3 is 35.3 Å². The van der Waals surface area contributed by atoms with Crippen LogP contribution in [0.25, 0.3) is 0 Å². The molecule has 14 heteroatoms. The third-order valence-corrected chi connectivity index (χ3v) is 7.81. The van der Waals surface area contributed by atoms with Crippen LogP contribution < -0.4 is 42.6 Å². The van der Waals surface area contributed by atoms with E-state index in [2.05, 4.69) is 55.2 Å². The van der Waals surface area contributed by atoms with Crippen molar-refractivity contribution >= 4 is 35.4 Å². The number of carboxylic acid groups (broad SMARTS) is 2. The van der Waals surface area contributed by atoms with Gasteiger partial charge in [-0.1, -0.05) is 122 Å². The molecule has 0 fully saturated rings. The molecule has 3 amide bonds. The average Bonchev–Trinajstić information content (AvgIpc) is 3.18. The minimum absolute atomic E-state index is 0. The number of rotatable bonds is 12. The van der Waals surface area contributed by atoms with Crippen molar-refractivity contribution in [2.75, 3.05) is 39.0 Å². The Kier molecular flexibility index (Phi) is 23.0. The molecule has 5 aromatic rings. The molecule has 0 radical (unpaired) electrons. The number of ether oxygens (including phenoxy) is 1. The monoisotopic (exact) mass is 837 g/mol. The summed E-state index contributed by atoms with van der Waals surface area (Å²) in [7, 11) is 8.50. The van der Waals surface area contributed by atoms with Crippen molar-refractivity contribution in [2.24, 2.45) is 5.73 Å². The zero-order valence-electron chi connectivity index (χ0n) is 35.6. The molecule has 8 N–H and O–H groups in total. The number of amides is 3. The molecule has 0 aliphatic carbocycles. The normalized spacial score (nSPS) is 11.0. The number of carbonyl (C=O) groups excluding carboxylic acids is 3. The molecule has 0 saturated carbocycles. The average molecular weight is 838 g/mol. The SMILES string of the molecule is C.C[N+](C)(C)C.Cc1ccc(NNC(=O)NC(Cc2ccccc2)C(=O)O)c(C)c1.Cc1ccc(NNC(=O)Oc2ccccc2)c(C)c1.NC(Cc1ccccc1)C(=O)[O-]. The molecule has 2 atom stereocenters. The zero-order valence-corrected chi connectivity index (χ0v) is 35.6. The van der Waals surface area contributed by atoms with Crippen LogP contribution in [0.1, 0.15) is 40.8 Å². The van der Waals surface area contributed by atoms with Crippen molar-refractivity contribution in [1.29, 1.82) is 0 Å². The number of hydrazine groups is 2. The molecule has 14 nitrogen and oxygen atoms in total. The maximum atomic E-state index is 12.0. The lowest BCUT2D eigenvalue weighted by Crippen LogP contribution is -2.48. The van der Waals surface area contributed by atoms with Gasteiger partial charge in [0.25, 0.3) is 0 Å². The summed E-state index contributed by atoms with van der Waals surface area (Å²) in [6.45, 7) is 7.90. The second kappa shape index (κ2) is 27.0. The van der Waals surface area contributed by atoms with Crippen molar-refractivity contribution in [1.82, 2.24) is 16.2 Å². The van der Waals surface area contributed by atoms with Gasteiger partial charge in [-0.3, -0.25) is 16.3 Å². The van der Waals surface area contributed by atoms with Crippen LogP contribution in [-0.4, -0.2) is 73.9 Å². The van der Waals surface area contributed by atoms with Crippen LogP contribution in [0.15, 0.2) is 127 Å². The molecule has 0 aliphatic heterocycles. The van der Waals surface area contributed by atoms with Gasteiger partial charge >= 0.3 is 18.1 Å². The summed E-state index contributed by atoms with van der Waals surface area (Å²) in [5.74, 6) is -1.79. The molecule has 0 aromatic heterocycles. The van der Waals surface area contributed by atoms with E-state index in [0.717, 1.165) is 43.7 Å². The number of carbonyl (C=O) groups is 4. The molecule has 0 saturated heterocycles. The number of anilines is 2.